The van der Waals surface area contributed by atoms with Gasteiger partial charge in [-0.05, 0) is 59.5 Å². The molecule has 0 aliphatic rings. The van der Waals surface area contributed by atoms with Gasteiger partial charge in [0.1, 0.15) is 11.6 Å². The van der Waals surface area contributed by atoms with Crippen molar-refractivity contribution in [3.63, 3.8) is 0 Å². The van der Waals surface area contributed by atoms with Gasteiger partial charge in [0.15, 0.2) is 9.84 Å². The minimum atomic E-state index is -3.24. The summed E-state index contributed by atoms with van der Waals surface area (Å²) in [6, 6.07) is 17.6. The predicted octanol–water partition coefficient (Wildman–Crippen LogP) is 4.22. The smallest absolute Gasteiger partial charge is 0.251 e. The molecular formula is C23H21F2NO3S. The van der Waals surface area contributed by atoms with Crippen LogP contribution in [0.2, 0.25) is 0 Å². The van der Waals surface area contributed by atoms with E-state index in [0.717, 1.165) is 6.26 Å². The van der Waals surface area contributed by atoms with E-state index >= 15 is 0 Å². The Labute approximate surface area is 174 Å². The van der Waals surface area contributed by atoms with Crippen molar-refractivity contribution >= 4 is 15.7 Å². The molecule has 156 valence electrons. The van der Waals surface area contributed by atoms with E-state index in [0.29, 0.717) is 16.7 Å². The lowest BCUT2D eigenvalue weighted by Crippen LogP contribution is -2.30. The van der Waals surface area contributed by atoms with Crippen molar-refractivity contribution in [3.05, 3.63) is 107 Å². The van der Waals surface area contributed by atoms with Gasteiger partial charge < -0.3 is 5.32 Å². The number of hydrogen-bond donors (Lipinski definition) is 1. The van der Waals surface area contributed by atoms with Crippen LogP contribution in [0.5, 0.6) is 0 Å². The molecule has 0 heterocycles. The number of carbonyl (C=O) groups is 1. The summed E-state index contributed by atoms with van der Waals surface area (Å²) in [6.45, 7) is 0. The van der Waals surface area contributed by atoms with Crippen LogP contribution in [0.25, 0.3) is 0 Å². The van der Waals surface area contributed by atoms with E-state index in [-0.39, 0.29) is 17.7 Å². The van der Waals surface area contributed by atoms with Gasteiger partial charge in [-0.15, -0.1) is 0 Å². The van der Waals surface area contributed by atoms with Gasteiger partial charge >= 0.3 is 0 Å². The lowest BCUT2D eigenvalue weighted by atomic mass is 9.98. The zero-order valence-corrected chi connectivity index (χ0v) is 17.1. The molecular weight excluding hydrogens is 408 g/mol. The summed E-state index contributed by atoms with van der Waals surface area (Å²) < 4.78 is 50.4. The first-order valence-corrected chi connectivity index (χ1v) is 11.3. The highest BCUT2D eigenvalue weighted by atomic mass is 32.2. The van der Waals surface area contributed by atoms with Gasteiger partial charge in [-0.3, -0.25) is 4.79 Å². The molecule has 3 rings (SSSR count). The SMILES string of the molecule is CS(=O)(=O)Cc1cccc(C(=O)NC(Cc2cccc(F)c2)c2cccc(F)c2)c1. The third kappa shape index (κ3) is 6.22. The van der Waals surface area contributed by atoms with Gasteiger partial charge in [0.25, 0.3) is 5.91 Å². The van der Waals surface area contributed by atoms with Crippen LogP contribution in [0.3, 0.4) is 0 Å². The molecule has 4 nitrogen and oxygen atoms in total. The molecule has 3 aromatic rings. The van der Waals surface area contributed by atoms with E-state index in [1.807, 2.05) is 0 Å². The third-order valence-corrected chi connectivity index (χ3v) is 5.36. The van der Waals surface area contributed by atoms with Crippen LogP contribution in [0.4, 0.5) is 8.78 Å². The van der Waals surface area contributed by atoms with Gasteiger partial charge in [0.2, 0.25) is 0 Å². The molecule has 0 fully saturated rings. The van der Waals surface area contributed by atoms with Gasteiger partial charge in [-0.2, -0.15) is 0 Å². The average Bonchev–Trinajstić information content (AvgIpc) is 2.66. The Kier molecular flexibility index (Phi) is 6.62. The Balaban J connectivity index is 1.87. The van der Waals surface area contributed by atoms with E-state index < -0.39 is 33.4 Å². The second-order valence-corrected chi connectivity index (χ2v) is 9.33. The van der Waals surface area contributed by atoms with Crippen LogP contribution >= 0.6 is 0 Å². The minimum Gasteiger partial charge on any atom is -0.345 e. The molecule has 1 unspecified atom stereocenters. The third-order valence-electron chi connectivity index (χ3n) is 4.50. The summed E-state index contributed by atoms with van der Waals surface area (Å²) in [4.78, 5) is 12.9. The standard InChI is InChI=1S/C23H21F2NO3S/c1-30(28,29)15-17-6-2-8-19(11-17)23(27)26-22(18-7-4-10-21(25)14-18)13-16-5-3-9-20(24)12-16/h2-12,14,22H,13,15H2,1H3,(H,26,27). The first-order chi connectivity index (χ1) is 14.2. The van der Waals surface area contributed by atoms with E-state index in [4.69, 9.17) is 0 Å². The molecule has 1 N–H and O–H groups in total. The summed E-state index contributed by atoms with van der Waals surface area (Å²) in [6.07, 6.45) is 1.38. The molecule has 7 heteroatoms. The largest absolute Gasteiger partial charge is 0.345 e. The molecule has 0 bridgehead atoms. The fraction of sp³-hybridized carbons (Fsp3) is 0.174. The Morgan fingerprint density at radius 1 is 0.900 bits per heavy atom. The number of benzene rings is 3. The summed E-state index contributed by atoms with van der Waals surface area (Å²) in [5.41, 5.74) is 1.98. The normalized spacial score (nSPS) is 12.4. The van der Waals surface area contributed by atoms with Gasteiger partial charge in [-0.25, -0.2) is 17.2 Å². The molecule has 1 atom stereocenters. The number of rotatable bonds is 7. The molecule has 0 aliphatic carbocycles. The lowest BCUT2D eigenvalue weighted by Gasteiger charge is -2.20. The molecule has 0 aliphatic heterocycles. The monoisotopic (exact) mass is 429 g/mol. The maximum atomic E-state index is 13.8. The van der Waals surface area contributed by atoms with E-state index in [9.17, 15) is 22.0 Å². The van der Waals surface area contributed by atoms with Crippen LogP contribution in [0, 0.1) is 11.6 Å². The van der Waals surface area contributed by atoms with Crippen molar-refractivity contribution < 1.29 is 22.0 Å². The average molecular weight is 429 g/mol. The van der Waals surface area contributed by atoms with Crippen molar-refractivity contribution in [2.24, 2.45) is 0 Å². The van der Waals surface area contributed by atoms with Gasteiger partial charge in [0.05, 0.1) is 11.8 Å². The Hall–Kier alpha value is -3.06. The number of carbonyl (C=O) groups excluding carboxylic acids is 1. The second kappa shape index (κ2) is 9.17. The first-order valence-electron chi connectivity index (χ1n) is 9.27. The van der Waals surface area contributed by atoms with E-state index in [1.165, 1.54) is 30.3 Å². The van der Waals surface area contributed by atoms with Crippen molar-refractivity contribution in [1.82, 2.24) is 5.32 Å². The number of hydrogen-bond acceptors (Lipinski definition) is 3. The van der Waals surface area contributed by atoms with Crippen molar-refractivity contribution in [2.75, 3.05) is 6.26 Å². The maximum absolute atomic E-state index is 13.8. The zero-order valence-electron chi connectivity index (χ0n) is 16.3. The highest BCUT2D eigenvalue weighted by molar-refractivity contribution is 7.89. The molecule has 0 aromatic heterocycles. The quantitative estimate of drug-likeness (QED) is 0.612. The van der Waals surface area contributed by atoms with Gasteiger partial charge in [0, 0.05) is 11.8 Å². The maximum Gasteiger partial charge on any atom is 0.251 e. The van der Waals surface area contributed by atoms with E-state index in [2.05, 4.69) is 5.32 Å². The summed E-state index contributed by atoms with van der Waals surface area (Å²) in [5, 5.41) is 2.86. The van der Waals surface area contributed by atoms with Crippen LogP contribution in [0.15, 0.2) is 72.8 Å². The van der Waals surface area contributed by atoms with Crippen LogP contribution in [-0.2, 0) is 22.0 Å². The Morgan fingerprint density at radius 2 is 1.53 bits per heavy atom. The molecule has 0 saturated carbocycles. The Morgan fingerprint density at radius 3 is 2.20 bits per heavy atom. The lowest BCUT2D eigenvalue weighted by molar-refractivity contribution is 0.0936. The number of amides is 1. The van der Waals surface area contributed by atoms with Crippen molar-refractivity contribution in [1.29, 1.82) is 0 Å². The Bertz CT molecular complexity index is 1160. The molecule has 1 amide bonds. The highest BCUT2D eigenvalue weighted by Crippen LogP contribution is 2.21. The molecule has 3 aromatic carbocycles. The molecule has 30 heavy (non-hydrogen) atoms. The molecule has 0 radical (unpaired) electrons. The molecule has 0 spiro atoms. The van der Waals surface area contributed by atoms with Crippen LogP contribution in [-0.4, -0.2) is 20.6 Å². The number of sulfone groups is 1. The molecule has 0 saturated heterocycles. The highest BCUT2D eigenvalue weighted by Gasteiger charge is 2.18. The van der Waals surface area contributed by atoms with Crippen LogP contribution < -0.4 is 5.32 Å². The van der Waals surface area contributed by atoms with Crippen molar-refractivity contribution in [3.8, 4) is 0 Å². The minimum absolute atomic E-state index is 0.176. The summed E-state index contributed by atoms with van der Waals surface area (Å²) in [5.74, 6) is -1.45. The summed E-state index contributed by atoms with van der Waals surface area (Å²) in [7, 11) is -3.24. The first kappa shape index (κ1) is 21.6. The predicted molar refractivity (Wildman–Crippen MR) is 112 cm³/mol. The van der Waals surface area contributed by atoms with E-state index in [1.54, 1.807) is 42.5 Å². The van der Waals surface area contributed by atoms with Crippen LogP contribution in [0.1, 0.15) is 33.1 Å². The number of halogens is 2. The topological polar surface area (TPSA) is 63.2 Å². The summed E-state index contributed by atoms with van der Waals surface area (Å²) >= 11 is 0. The number of nitrogens with one attached hydrogen (secondary N) is 1. The zero-order chi connectivity index (χ0) is 21.7. The van der Waals surface area contributed by atoms with Crippen molar-refractivity contribution in [2.45, 2.75) is 18.2 Å². The second-order valence-electron chi connectivity index (χ2n) is 7.19. The van der Waals surface area contributed by atoms with Gasteiger partial charge in [-0.1, -0.05) is 36.4 Å². The fourth-order valence-electron chi connectivity index (χ4n) is 3.22. The fourth-order valence-corrected chi connectivity index (χ4v) is 4.01.